The number of anilines is 1. The summed E-state index contributed by atoms with van der Waals surface area (Å²) in [6.45, 7) is 0.106. The van der Waals surface area contributed by atoms with Crippen LogP contribution in [0, 0.1) is 0 Å². The fraction of sp³-hybridized carbons (Fsp3) is 0.0667. The fourth-order valence-corrected chi connectivity index (χ4v) is 3.99. The van der Waals surface area contributed by atoms with E-state index in [4.69, 9.17) is 0 Å². The second-order valence-electron chi connectivity index (χ2n) is 4.43. The number of benzene rings is 2. The van der Waals surface area contributed by atoms with Crippen LogP contribution in [0.3, 0.4) is 0 Å². The highest BCUT2D eigenvalue weighted by Crippen LogP contribution is 2.38. The van der Waals surface area contributed by atoms with Crippen molar-refractivity contribution < 1.29 is 9.90 Å². The Morgan fingerprint density at radius 1 is 1.17 bits per heavy atom. The zero-order valence-electron chi connectivity index (χ0n) is 11.7. The number of phenolic OH excluding ortho intramolecular Hbond substituents is 1. The van der Waals surface area contributed by atoms with Gasteiger partial charge in [0, 0.05) is 15.7 Å². The van der Waals surface area contributed by atoms with Crippen LogP contribution < -0.4 is 10.7 Å². The summed E-state index contributed by atoms with van der Waals surface area (Å²) in [5.74, 6) is -0.217. The Labute approximate surface area is 158 Å². The van der Waals surface area contributed by atoms with E-state index in [2.05, 4.69) is 63.6 Å². The van der Waals surface area contributed by atoms with E-state index in [1.54, 1.807) is 6.07 Å². The zero-order chi connectivity index (χ0) is 16.8. The topological polar surface area (TPSA) is 73.7 Å². The van der Waals surface area contributed by atoms with Crippen LogP contribution in [-0.2, 0) is 4.79 Å². The van der Waals surface area contributed by atoms with Crippen LogP contribution in [0.25, 0.3) is 0 Å². The van der Waals surface area contributed by atoms with Crippen molar-refractivity contribution in [3.05, 3.63) is 55.4 Å². The molecule has 2 rings (SSSR count). The van der Waals surface area contributed by atoms with Gasteiger partial charge in [-0.25, -0.2) is 5.43 Å². The summed E-state index contributed by atoms with van der Waals surface area (Å²) in [5.41, 5.74) is 3.89. The van der Waals surface area contributed by atoms with Crippen molar-refractivity contribution in [2.75, 3.05) is 11.9 Å². The van der Waals surface area contributed by atoms with Crippen molar-refractivity contribution in [3.8, 4) is 5.75 Å². The molecule has 120 valence electrons. The number of carbonyl (C=O) groups is 1. The van der Waals surface area contributed by atoms with Gasteiger partial charge >= 0.3 is 0 Å². The molecule has 3 N–H and O–H groups in total. The minimum Gasteiger partial charge on any atom is -0.506 e. The fourth-order valence-electron chi connectivity index (χ4n) is 1.66. The van der Waals surface area contributed by atoms with Gasteiger partial charge in [-0.05, 0) is 50.1 Å². The number of hydrazone groups is 1. The maximum absolute atomic E-state index is 11.7. The van der Waals surface area contributed by atoms with Gasteiger partial charge in [-0.3, -0.25) is 4.79 Å². The minimum atomic E-state index is -0.279. The Hall–Kier alpha value is -1.38. The third-order valence-corrected chi connectivity index (χ3v) is 4.85. The van der Waals surface area contributed by atoms with Gasteiger partial charge in [0.25, 0.3) is 5.91 Å². The molecule has 0 saturated heterocycles. The molecule has 0 atom stereocenters. The average molecular weight is 506 g/mol. The second-order valence-corrected chi connectivity index (χ2v) is 6.93. The molecule has 1 amide bonds. The Morgan fingerprint density at radius 2 is 1.87 bits per heavy atom. The summed E-state index contributed by atoms with van der Waals surface area (Å²) in [6, 6.07) is 11.1. The molecule has 8 heteroatoms. The second kappa shape index (κ2) is 8.47. The lowest BCUT2D eigenvalue weighted by Crippen LogP contribution is -2.25. The molecule has 0 bridgehead atoms. The van der Waals surface area contributed by atoms with Crippen molar-refractivity contribution in [1.29, 1.82) is 0 Å². The van der Waals surface area contributed by atoms with Crippen molar-refractivity contribution in [3.63, 3.8) is 0 Å². The maximum atomic E-state index is 11.7. The highest BCUT2D eigenvalue weighted by Gasteiger charge is 2.12. The largest absolute Gasteiger partial charge is 0.506 e. The smallest absolute Gasteiger partial charge is 0.259 e. The summed E-state index contributed by atoms with van der Waals surface area (Å²) in [6.07, 6.45) is 1.45. The molecule has 0 aliphatic rings. The molecule has 5 nitrogen and oxygen atoms in total. The number of rotatable bonds is 5. The van der Waals surface area contributed by atoms with Crippen LogP contribution in [0.4, 0.5) is 5.69 Å². The molecule has 2 aromatic carbocycles. The number of phenols is 1. The molecular formula is C15H12Br3N3O2. The maximum Gasteiger partial charge on any atom is 0.259 e. The van der Waals surface area contributed by atoms with Gasteiger partial charge in [0.05, 0.1) is 21.7 Å². The quantitative estimate of drug-likeness (QED) is 0.420. The zero-order valence-corrected chi connectivity index (χ0v) is 16.4. The van der Waals surface area contributed by atoms with Gasteiger partial charge in [0.1, 0.15) is 5.75 Å². The van der Waals surface area contributed by atoms with E-state index in [1.165, 1.54) is 6.21 Å². The molecule has 23 heavy (non-hydrogen) atoms. The molecule has 0 aliphatic carbocycles. The molecule has 0 aliphatic heterocycles. The van der Waals surface area contributed by atoms with E-state index in [0.29, 0.717) is 14.5 Å². The Balaban J connectivity index is 1.94. The van der Waals surface area contributed by atoms with Crippen molar-refractivity contribution in [2.45, 2.75) is 0 Å². The number of halogens is 3. The number of aromatic hydroxyl groups is 1. The molecule has 0 spiro atoms. The normalized spacial score (nSPS) is 10.7. The van der Waals surface area contributed by atoms with Gasteiger partial charge in [-0.15, -0.1) is 0 Å². The van der Waals surface area contributed by atoms with Crippen LogP contribution in [0.5, 0.6) is 5.75 Å². The van der Waals surface area contributed by atoms with E-state index in [9.17, 15) is 9.90 Å². The average Bonchev–Trinajstić information content (AvgIpc) is 2.55. The van der Waals surface area contributed by atoms with Gasteiger partial charge in [0.2, 0.25) is 0 Å². The third-order valence-electron chi connectivity index (χ3n) is 2.79. The molecule has 0 heterocycles. The third kappa shape index (κ3) is 5.05. The van der Waals surface area contributed by atoms with Crippen LogP contribution >= 0.6 is 47.8 Å². The number of hydrogen-bond donors (Lipinski definition) is 3. The highest BCUT2D eigenvalue weighted by atomic mass is 79.9. The van der Waals surface area contributed by atoms with Gasteiger partial charge in [-0.1, -0.05) is 34.1 Å². The molecule has 0 unspecified atom stereocenters. The van der Waals surface area contributed by atoms with Crippen LogP contribution in [-0.4, -0.2) is 23.8 Å². The van der Waals surface area contributed by atoms with E-state index in [0.717, 1.165) is 10.2 Å². The van der Waals surface area contributed by atoms with Gasteiger partial charge < -0.3 is 10.4 Å². The number of para-hydroxylation sites is 1. The predicted molar refractivity (Wildman–Crippen MR) is 102 cm³/mol. The molecule has 0 saturated carbocycles. The van der Waals surface area contributed by atoms with Crippen LogP contribution in [0.2, 0.25) is 0 Å². The lowest BCUT2D eigenvalue weighted by Gasteiger charge is -2.07. The molecule has 0 radical (unpaired) electrons. The van der Waals surface area contributed by atoms with E-state index in [1.807, 2.05) is 30.3 Å². The first-order valence-electron chi connectivity index (χ1n) is 6.46. The number of nitrogens with zero attached hydrogens (tertiary/aromatic N) is 1. The summed E-state index contributed by atoms with van der Waals surface area (Å²) in [7, 11) is 0. The predicted octanol–water partition coefficient (Wildman–Crippen LogP) is 4.24. The van der Waals surface area contributed by atoms with E-state index < -0.39 is 0 Å². The summed E-state index contributed by atoms with van der Waals surface area (Å²) < 4.78 is 1.73. The lowest BCUT2D eigenvalue weighted by atomic mass is 10.2. The van der Waals surface area contributed by atoms with Crippen molar-refractivity contribution in [2.24, 2.45) is 5.10 Å². The lowest BCUT2D eigenvalue weighted by molar-refractivity contribution is -0.119. The first kappa shape index (κ1) is 18.0. The highest BCUT2D eigenvalue weighted by molar-refractivity contribution is 9.11. The molecule has 0 aromatic heterocycles. The van der Waals surface area contributed by atoms with Crippen LogP contribution in [0.1, 0.15) is 5.56 Å². The molecule has 2 aromatic rings. The van der Waals surface area contributed by atoms with Crippen molar-refractivity contribution >= 4 is 65.6 Å². The Bertz CT molecular complexity index is 736. The van der Waals surface area contributed by atoms with Gasteiger partial charge in [0.15, 0.2) is 0 Å². The summed E-state index contributed by atoms with van der Waals surface area (Å²) in [4.78, 5) is 11.7. The van der Waals surface area contributed by atoms with E-state index in [-0.39, 0.29) is 18.2 Å². The monoisotopic (exact) mass is 503 g/mol. The number of hydrogen-bond acceptors (Lipinski definition) is 4. The Morgan fingerprint density at radius 3 is 2.57 bits per heavy atom. The number of amides is 1. The van der Waals surface area contributed by atoms with E-state index >= 15 is 0 Å². The Kier molecular flexibility index (Phi) is 6.61. The number of carbonyl (C=O) groups excluding carboxylic acids is 1. The van der Waals surface area contributed by atoms with Gasteiger partial charge in [-0.2, -0.15) is 5.10 Å². The minimum absolute atomic E-state index is 0.0618. The standard InChI is InChI=1S/C15H12Br3N3O2/c16-11-6-12(17)15(23)14(18)10(11)7-20-21-13(22)8-19-9-4-2-1-3-5-9/h1-7,19,23H,8H2,(H,21,22)/b20-7+. The SMILES string of the molecule is O=C(CNc1ccccc1)N/N=C/c1c(Br)cc(Br)c(O)c1Br. The first-order chi connectivity index (χ1) is 11.0. The summed E-state index contributed by atoms with van der Waals surface area (Å²) in [5, 5.41) is 16.7. The number of nitrogens with one attached hydrogen (secondary N) is 2. The molecular weight excluding hydrogens is 494 g/mol. The first-order valence-corrected chi connectivity index (χ1v) is 8.84. The molecule has 0 fully saturated rings. The summed E-state index contributed by atoms with van der Waals surface area (Å²) >= 11 is 9.89. The van der Waals surface area contributed by atoms with Crippen LogP contribution in [0.15, 0.2) is 54.9 Å². The van der Waals surface area contributed by atoms with Crippen molar-refractivity contribution in [1.82, 2.24) is 5.43 Å².